The summed E-state index contributed by atoms with van der Waals surface area (Å²) in [5.74, 6) is -0.841. The number of nitrogens with one attached hydrogen (secondary N) is 1. The van der Waals surface area contributed by atoms with E-state index in [9.17, 15) is 17.6 Å². The van der Waals surface area contributed by atoms with E-state index in [1.54, 1.807) is 30.3 Å². The molecule has 2 aromatic carbocycles. The van der Waals surface area contributed by atoms with Crippen molar-refractivity contribution in [3.05, 3.63) is 59.9 Å². The Morgan fingerprint density at radius 2 is 1.83 bits per heavy atom. The summed E-state index contributed by atoms with van der Waals surface area (Å²) in [5.41, 5.74) is 1.85. The molecule has 128 valence electrons. The van der Waals surface area contributed by atoms with Crippen molar-refractivity contribution in [2.75, 3.05) is 22.4 Å². The quantitative estimate of drug-likeness (QED) is 0.871. The maximum Gasteiger partial charge on any atom is 0.232 e. The Labute approximate surface area is 141 Å². The highest BCUT2D eigenvalue weighted by atomic mass is 32.2. The highest BCUT2D eigenvalue weighted by Crippen LogP contribution is 2.19. The predicted octanol–water partition coefficient (Wildman–Crippen LogP) is 2.93. The molecular weight excluding hydrogens is 331 g/mol. The molecule has 0 aliphatic rings. The molecule has 0 bridgehead atoms. The summed E-state index contributed by atoms with van der Waals surface area (Å²) in [6.07, 6.45) is 1.05. The summed E-state index contributed by atoms with van der Waals surface area (Å²) in [5, 5.41) is 2.55. The fourth-order valence-electron chi connectivity index (χ4n) is 2.19. The number of rotatable bonds is 6. The van der Waals surface area contributed by atoms with Crippen LogP contribution in [-0.4, -0.2) is 27.1 Å². The number of hydrogen-bond donors (Lipinski definition) is 1. The van der Waals surface area contributed by atoms with Crippen molar-refractivity contribution < 1.29 is 17.6 Å². The molecule has 0 radical (unpaired) electrons. The fraction of sp³-hybridized carbons (Fsp3) is 0.235. The second-order valence-electron chi connectivity index (χ2n) is 5.48. The first-order valence-electron chi connectivity index (χ1n) is 7.35. The van der Waals surface area contributed by atoms with Crippen molar-refractivity contribution in [2.45, 2.75) is 13.3 Å². The normalized spacial score (nSPS) is 11.1. The SMILES string of the molecule is Cc1ccc(N(CCC(=O)Nc2cccc(F)c2)S(C)(=O)=O)cc1. The molecule has 5 nitrogen and oxygen atoms in total. The van der Waals surface area contributed by atoms with Crippen LogP contribution in [0.4, 0.5) is 15.8 Å². The standard InChI is InChI=1S/C17H19FN2O3S/c1-13-6-8-16(9-7-13)20(24(2,22)23)11-10-17(21)19-15-5-3-4-14(18)12-15/h3-9,12H,10-11H2,1-2H3,(H,19,21). The summed E-state index contributed by atoms with van der Waals surface area (Å²) in [4.78, 5) is 12.0. The summed E-state index contributed by atoms with van der Waals surface area (Å²) in [7, 11) is -3.51. The smallest absolute Gasteiger partial charge is 0.232 e. The molecule has 0 aromatic heterocycles. The van der Waals surface area contributed by atoms with Gasteiger partial charge in [0.2, 0.25) is 15.9 Å². The van der Waals surface area contributed by atoms with Gasteiger partial charge in [-0.25, -0.2) is 12.8 Å². The second kappa shape index (κ2) is 7.44. The molecule has 1 N–H and O–H groups in total. The lowest BCUT2D eigenvalue weighted by Gasteiger charge is -2.22. The Bertz CT molecular complexity index is 820. The number of carbonyl (C=O) groups is 1. The van der Waals surface area contributed by atoms with E-state index in [-0.39, 0.29) is 18.9 Å². The van der Waals surface area contributed by atoms with E-state index in [0.29, 0.717) is 11.4 Å². The van der Waals surface area contributed by atoms with Crippen LogP contribution in [0.5, 0.6) is 0 Å². The van der Waals surface area contributed by atoms with Gasteiger partial charge in [-0.3, -0.25) is 9.10 Å². The Kier molecular flexibility index (Phi) is 5.56. The third-order valence-electron chi connectivity index (χ3n) is 3.37. The number of benzene rings is 2. The van der Waals surface area contributed by atoms with Crippen molar-refractivity contribution in [1.29, 1.82) is 0 Å². The molecule has 0 heterocycles. The number of carbonyl (C=O) groups excluding carboxylic acids is 1. The minimum absolute atomic E-state index is 0.00302. The van der Waals surface area contributed by atoms with Crippen LogP contribution in [0.25, 0.3) is 0 Å². The van der Waals surface area contributed by atoms with Gasteiger partial charge in [-0.15, -0.1) is 0 Å². The van der Waals surface area contributed by atoms with Crippen LogP contribution in [0.3, 0.4) is 0 Å². The molecule has 0 unspecified atom stereocenters. The molecular formula is C17H19FN2O3S. The van der Waals surface area contributed by atoms with Gasteiger partial charge in [0.15, 0.2) is 0 Å². The molecule has 0 saturated carbocycles. The zero-order valence-electron chi connectivity index (χ0n) is 13.5. The number of halogens is 1. The van der Waals surface area contributed by atoms with Gasteiger partial charge in [0.1, 0.15) is 5.82 Å². The Morgan fingerprint density at radius 3 is 2.42 bits per heavy atom. The largest absolute Gasteiger partial charge is 0.326 e. The average molecular weight is 350 g/mol. The van der Waals surface area contributed by atoms with Gasteiger partial charge >= 0.3 is 0 Å². The number of sulfonamides is 1. The van der Waals surface area contributed by atoms with Gasteiger partial charge in [-0.1, -0.05) is 23.8 Å². The molecule has 2 rings (SSSR count). The molecule has 0 aliphatic carbocycles. The van der Waals surface area contributed by atoms with Crippen LogP contribution in [0.1, 0.15) is 12.0 Å². The van der Waals surface area contributed by atoms with Crippen molar-refractivity contribution in [1.82, 2.24) is 0 Å². The Hall–Kier alpha value is -2.41. The third kappa shape index (κ3) is 5.06. The van der Waals surface area contributed by atoms with Gasteiger partial charge in [-0.2, -0.15) is 0 Å². The van der Waals surface area contributed by atoms with E-state index in [1.807, 2.05) is 6.92 Å². The molecule has 7 heteroatoms. The minimum Gasteiger partial charge on any atom is -0.326 e. The first-order valence-corrected chi connectivity index (χ1v) is 9.20. The molecule has 0 aliphatic heterocycles. The van der Waals surface area contributed by atoms with Gasteiger partial charge in [0, 0.05) is 18.7 Å². The summed E-state index contributed by atoms with van der Waals surface area (Å²) in [6.45, 7) is 1.91. The van der Waals surface area contributed by atoms with Crippen LogP contribution in [0.15, 0.2) is 48.5 Å². The fourth-order valence-corrected chi connectivity index (χ4v) is 3.12. The van der Waals surface area contributed by atoms with E-state index in [4.69, 9.17) is 0 Å². The maximum absolute atomic E-state index is 13.1. The van der Waals surface area contributed by atoms with Crippen molar-refractivity contribution in [2.24, 2.45) is 0 Å². The van der Waals surface area contributed by atoms with Crippen molar-refractivity contribution in [3.8, 4) is 0 Å². The lowest BCUT2D eigenvalue weighted by molar-refractivity contribution is -0.116. The van der Waals surface area contributed by atoms with Crippen LogP contribution in [-0.2, 0) is 14.8 Å². The second-order valence-corrected chi connectivity index (χ2v) is 7.39. The van der Waals surface area contributed by atoms with Crippen LogP contribution in [0, 0.1) is 12.7 Å². The first-order chi connectivity index (χ1) is 11.3. The maximum atomic E-state index is 13.1. The topological polar surface area (TPSA) is 66.5 Å². The predicted molar refractivity (Wildman–Crippen MR) is 93.0 cm³/mol. The lowest BCUT2D eigenvalue weighted by Crippen LogP contribution is -2.33. The Morgan fingerprint density at radius 1 is 1.17 bits per heavy atom. The summed E-state index contributed by atoms with van der Waals surface area (Å²) in [6, 6.07) is 12.5. The van der Waals surface area contributed by atoms with Gasteiger partial charge in [-0.05, 0) is 37.3 Å². The van der Waals surface area contributed by atoms with E-state index in [0.717, 1.165) is 11.8 Å². The third-order valence-corrected chi connectivity index (χ3v) is 4.57. The zero-order chi connectivity index (χ0) is 17.7. The highest BCUT2D eigenvalue weighted by molar-refractivity contribution is 7.92. The highest BCUT2D eigenvalue weighted by Gasteiger charge is 2.18. The van der Waals surface area contributed by atoms with E-state index in [1.165, 1.54) is 22.5 Å². The summed E-state index contributed by atoms with van der Waals surface area (Å²) < 4.78 is 38.2. The number of nitrogens with zero attached hydrogens (tertiary/aromatic N) is 1. The van der Waals surface area contributed by atoms with E-state index >= 15 is 0 Å². The van der Waals surface area contributed by atoms with Gasteiger partial charge in [0.25, 0.3) is 0 Å². The average Bonchev–Trinajstić information content (AvgIpc) is 2.48. The van der Waals surface area contributed by atoms with E-state index in [2.05, 4.69) is 5.32 Å². The van der Waals surface area contributed by atoms with Crippen LogP contribution < -0.4 is 9.62 Å². The van der Waals surface area contributed by atoms with Crippen molar-refractivity contribution in [3.63, 3.8) is 0 Å². The van der Waals surface area contributed by atoms with Gasteiger partial charge < -0.3 is 5.32 Å². The minimum atomic E-state index is -3.51. The molecule has 1 amide bonds. The number of hydrogen-bond acceptors (Lipinski definition) is 3. The van der Waals surface area contributed by atoms with Crippen LogP contribution in [0.2, 0.25) is 0 Å². The first kappa shape index (κ1) is 17.9. The molecule has 0 atom stereocenters. The number of anilines is 2. The molecule has 0 fully saturated rings. The Balaban J connectivity index is 2.05. The monoisotopic (exact) mass is 350 g/mol. The molecule has 24 heavy (non-hydrogen) atoms. The van der Waals surface area contributed by atoms with Gasteiger partial charge in [0.05, 0.1) is 11.9 Å². The molecule has 0 spiro atoms. The molecule has 2 aromatic rings. The summed E-state index contributed by atoms with van der Waals surface area (Å²) >= 11 is 0. The van der Waals surface area contributed by atoms with E-state index < -0.39 is 15.8 Å². The van der Waals surface area contributed by atoms with Crippen LogP contribution >= 0.6 is 0 Å². The number of amides is 1. The molecule has 0 saturated heterocycles. The number of aryl methyl sites for hydroxylation is 1. The lowest BCUT2D eigenvalue weighted by atomic mass is 10.2. The zero-order valence-corrected chi connectivity index (χ0v) is 14.3. The van der Waals surface area contributed by atoms with Crippen molar-refractivity contribution >= 4 is 27.3 Å².